The zero-order valence-corrected chi connectivity index (χ0v) is 24.7. The summed E-state index contributed by atoms with van der Waals surface area (Å²) < 4.78 is 11.8. The van der Waals surface area contributed by atoms with E-state index in [0.29, 0.717) is 57.0 Å². The van der Waals surface area contributed by atoms with Crippen LogP contribution < -0.4 is 19.7 Å². The quantitative estimate of drug-likeness (QED) is 0.373. The molecule has 2 aromatic carbocycles. The number of carbonyl (C=O) groups is 2. The minimum Gasteiger partial charge on any atom is -0.493 e. The lowest BCUT2D eigenvalue weighted by Gasteiger charge is -2.35. The Morgan fingerprint density at radius 2 is 1.95 bits per heavy atom. The highest BCUT2D eigenvalue weighted by atomic mass is 16.5. The number of aromatic nitrogens is 2. The number of nitrogens with zero attached hydrogens (tertiary/aromatic N) is 3. The molecule has 1 fully saturated rings. The summed E-state index contributed by atoms with van der Waals surface area (Å²) in [4.78, 5) is 39.0. The smallest absolute Gasteiger partial charge is 0.239 e. The maximum Gasteiger partial charge on any atom is 0.239 e. The number of fused-ring (bicyclic) bond motifs is 5. The van der Waals surface area contributed by atoms with Crippen LogP contribution in [0.3, 0.4) is 0 Å². The summed E-state index contributed by atoms with van der Waals surface area (Å²) in [6.07, 6.45) is 5.46. The van der Waals surface area contributed by atoms with Gasteiger partial charge in [0.15, 0.2) is 11.5 Å². The molecule has 224 valence electrons. The fourth-order valence-corrected chi connectivity index (χ4v) is 6.29. The molecule has 4 heterocycles. The van der Waals surface area contributed by atoms with Crippen molar-refractivity contribution in [1.82, 2.24) is 20.2 Å². The number of H-pyrrole nitrogens is 1. The van der Waals surface area contributed by atoms with Crippen molar-refractivity contribution in [2.24, 2.45) is 5.92 Å². The van der Waals surface area contributed by atoms with E-state index in [9.17, 15) is 9.59 Å². The number of benzene rings is 2. The van der Waals surface area contributed by atoms with E-state index in [0.717, 1.165) is 47.4 Å². The minimum absolute atomic E-state index is 0.00962. The van der Waals surface area contributed by atoms with Crippen molar-refractivity contribution >= 4 is 28.5 Å². The Kier molecular flexibility index (Phi) is 8.77. The summed E-state index contributed by atoms with van der Waals surface area (Å²) in [5.41, 5.74) is 4.48. The predicted molar refractivity (Wildman–Crippen MR) is 167 cm³/mol. The zero-order chi connectivity index (χ0) is 29.6. The average molecular weight is 582 g/mol. The molecule has 2 N–H and O–H groups in total. The third-order valence-electron chi connectivity index (χ3n) is 8.43. The third-order valence-corrected chi connectivity index (χ3v) is 8.43. The Labute approximate surface area is 252 Å². The number of aromatic amines is 1. The molecule has 4 aromatic rings. The Balaban J connectivity index is 1.23. The number of methoxy groups -OCH3 is 1. The van der Waals surface area contributed by atoms with E-state index in [1.807, 2.05) is 42.5 Å². The number of para-hydroxylation sites is 1. The normalized spacial score (nSPS) is 18.4. The van der Waals surface area contributed by atoms with Gasteiger partial charge in [-0.3, -0.25) is 9.59 Å². The highest BCUT2D eigenvalue weighted by molar-refractivity contribution is 5.87. The summed E-state index contributed by atoms with van der Waals surface area (Å²) in [6, 6.07) is 20.1. The number of ether oxygens (including phenoxy) is 2. The molecule has 1 atom stereocenters. The van der Waals surface area contributed by atoms with Crippen molar-refractivity contribution < 1.29 is 19.1 Å². The van der Waals surface area contributed by atoms with Crippen molar-refractivity contribution in [3.63, 3.8) is 0 Å². The number of rotatable bonds is 3. The number of nitrogens with one attached hydrogen (secondary N) is 2. The van der Waals surface area contributed by atoms with Gasteiger partial charge in [0, 0.05) is 55.4 Å². The molecule has 2 amide bonds. The monoisotopic (exact) mass is 581 g/mol. The first kappa shape index (κ1) is 28.6. The van der Waals surface area contributed by atoms with Gasteiger partial charge in [0.05, 0.1) is 26.2 Å². The van der Waals surface area contributed by atoms with Crippen molar-refractivity contribution in [2.45, 2.75) is 32.1 Å². The van der Waals surface area contributed by atoms with Crippen LogP contribution in [0.4, 0.5) is 5.82 Å². The number of amides is 2. The van der Waals surface area contributed by atoms with Crippen LogP contribution >= 0.6 is 0 Å². The van der Waals surface area contributed by atoms with Gasteiger partial charge in [-0.15, -0.1) is 0 Å². The fourth-order valence-electron chi connectivity index (χ4n) is 6.29. The summed E-state index contributed by atoms with van der Waals surface area (Å²) in [5, 5.41) is 4.25. The summed E-state index contributed by atoms with van der Waals surface area (Å²) >= 11 is 0. The van der Waals surface area contributed by atoms with Crippen LogP contribution in [-0.4, -0.2) is 73.1 Å². The molecule has 0 spiro atoms. The lowest BCUT2D eigenvalue weighted by Crippen LogP contribution is -2.48. The van der Waals surface area contributed by atoms with Gasteiger partial charge in [-0.05, 0) is 67.1 Å². The first-order valence-electron chi connectivity index (χ1n) is 15.2. The fraction of sp³-hybridized carbons (Fsp3) is 0.382. The second-order valence-electron chi connectivity index (χ2n) is 11.3. The Morgan fingerprint density at radius 1 is 1.07 bits per heavy atom. The SMILES string of the molecule is COc1ccc2cc1OCCCN(C(=O)C1CCCN(c3ccccn3)C1)CC(=O)NCCc1c([nH]c3ccccc13)C2. The van der Waals surface area contributed by atoms with Gasteiger partial charge in [0.1, 0.15) is 5.82 Å². The van der Waals surface area contributed by atoms with E-state index in [1.54, 1.807) is 18.2 Å². The highest BCUT2D eigenvalue weighted by Gasteiger charge is 2.31. The van der Waals surface area contributed by atoms with Gasteiger partial charge < -0.3 is 29.6 Å². The van der Waals surface area contributed by atoms with Crippen LogP contribution in [0.15, 0.2) is 66.9 Å². The van der Waals surface area contributed by atoms with Crippen LogP contribution in [0, 0.1) is 5.92 Å². The molecule has 0 aliphatic carbocycles. The number of hydrogen-bond donors (Lipinski definition) is 2. The molecule has 43 heavy (non-hydrogen) atoms. The maximum absolute atomic E-state index is 13.9. The number of pyridine rings is 1. The Bertz CT molecular complexity index is 1570. The molecular formula is C34H39N5O4. The second-order valence-corrected chi connectivity index (χ2v) is 11.3. The summed E-state index contributed by atoms with van der Waals surface area (Å²) in [5.74, 6) is 1.90. The summed E-state index contributed by atoms with van der Waals surface area (Å²) in [6.45, 7) is 2.81. The predicted octanol–water partition coefficient (Wildman–Crippen LogP) is 4.35. The van der Waals surface area contributed by atoms with Crippen molar-refractivity contribution in [3.8, 4) is 11.5 Å². The van der Waals surface area contributed by atoms with Crippen molar-refractivity contribution in [3.05, 3.63) is 83.7 Å². The molecule has 0 radical (unpaired) electrons. The van der Waals surface area contributed by atoms with E-state index < -0.39 is 0 Å². The van der Waals surface area contributed by atoms with Gasteiger partial charge in [-0.25, -0.2) is 4.98 Å². The number of hydrogen-bond acceptors (Lipinski definition) is 6. The molecule has 9 nitrogen and oxygen atoms in total. The lowest BCUT2D eigenvalue weighted by atomic mass is 9.96. The molecule has 9 heteroatoms. The average Bonchev–Trinajstić information content (AvgIpc) is 3.39. The first-order chi connectivity index (χ1) is 21.1. The zero-order valence-electron chi connectivity index (χ0n) is 24.7. The van der Waals surface area contributed by atoms with Gasteiger partial charge in [0.2, 0.25) is 11.8 Å². The van der Waals surface area contributed by atoms with Gasteiger partial charge in [-0.1, -0.05) is 30.3 Å². The molecule has 2 aliphatic heterocycles. The van der Waals surface area contributed by atoms with E-state index in [4.69, 9.17) is 9.47 Å². The topological polar surface area (TPSA) is 99.8 Å². The third kappa shape index (κ3) is 6.61. The molecule has 0 saturated carbocycles. The molecule has 2 aromatic heterocycles. The molecule has 1 saturated heterocycles. The number of carbonyl (C=O) groups excluding carboxylic acids is 2. The van der Waals surface area contributed by atoms with Crippen LogP contribution in [0.1, 0.15) is 36.1 Å². The highest BCUT2D eigenvalue weighted by Crippen LogP contribution is 2.31. The van der Waals surface area contributed by atoms with Crippen LogP contribution in [0.25, 0.3) is 10.9 Å². The Hall–Kier alpha value is -4.53. The van der Waals surface area contributed by atoms with E-state index in [1.165, 1.54) is 5.56 Å². The largest absolute Gasteiger partial charge is 0.493 e. The van der Waals surface area contributed by atoms with Crippen molar-refractivity contribution in [1.29, 1.82) is 0 Å². The van der Waals surface area contributed by atoms with E-state index >= 15 is 0 Å². The summed E-state index contributed by atoms with van der Waals surface area (Å²) in [7, 11) is 1.64. The maximum atomic E-state index is 13.9. The molecule has 1 unspecified atom stereocenters. The van der Waals surface area contributed by atoms with Gasteiger partial charge in [0.25, 0.3) is 0 Å². The molecule has 2 bridgehead atoms. The lowest BCUT2D eigenvalue weighted by molar-refractivity contribution is -0.139. The second kappa shape index (κ2) is 13.2. The van der Waals surface area contributed by atoms with E-state index in [-0.39, 0.29) is 24.3 Å². The molecule has 6 rings (SSSR count). The molecular weight excluding hydrogens is 542 g/mol. The van der Waals surface area contributed by atoms with Crippen LogP contribution in [-0.2, 0) is 22.4 Å². The number of piperidine rings is 1. The number of anilines is 1. The van der Waals surface area contributed by atoms with Gasteiger partial charge in [-0.2, -0.15) is 0 Å². The van der Waals surface area contributed by atoms with E-state index in [2.05, 4.69) is 38.4 Å². The van der Waals surface area contributed by atoms with Gasteiger partial charge >= 0.3 is 0 Å². The Morgan fingerprint density at radius 3 is 2.81 bits per heavy atom. The minimum atomic E-state index is -0.194. The van der Waals surface area contributed by atoms with Crippen LogP contribution in [0.2, 0.25) is 0 Å². The molecule has 2 aliphatic rings. The first-order valence-corrected chi connectivity index (χ1v) is 15.2. The standard InChI is InChI=1S/C34H39N5O4/c1-42-30-13-12-24-20-29-27(26-9-2-3-10-28(26)37-29)14-16-36-33(40)23-39(18-7-19-43-31(30)21-24)34(41)25-8-6-17-38(22-25)32-11-4-5-15-35-32/h2-5,9-13,15,21,25,37H,6-8,14,16-20,22-23H2,1H3,(H,36,40). The van der Waals surface area contributed by atoms with Crippen molar-refractivity contribution in [2.75, 3.05) is 51.3 Å². The van der Waals surface area contributed by atoms with Crippen LogP contribution in [0.5, 0.6) is 11.5 Å².